The lowest BCUT2D eigenvalue weighted by atomic mass is 10.0. The third-order valence-corrected chi connectivity index (χ3v) is 3.46. The zero-order chi connectivity index (χ0) is 16.7. The molecule has 0 aliphatic carbocycles. The maximum Gasteiger partial charge on any atom is 0.243 e. The van der Waals surface area contributed by atoms with E-state index >= 15 is 0 Å². The third kappa shape index (κ3) is 6.26. The van der Waals surface area contributed by atoms with Gasteiger partial charge in [-0.1, -0.05) is 26.0 Å². The Kier molecular flexibility index (Phi) is 7.05. The van der Waals surface area contributed by atoms with Gasteiger partial charge in [0.25, 0.3) is 0 Å². The number of nitrogens with one attached hydrogen (secondary N) is 1. The zero-order valence-corrected chi connectivity index (χ0v) is 14.2. The van der Waals surface area contributed by atoms with Gasteiger partial charge in [-0.05, 0) is 37.7 Å². The van der Waals surface area contributed by atoms with E-state index in [1.54, 1.807) is 4.90 Å². The van der Waals surface area contributed by atoms with Crippen molar-refractivity contribution in [1.82, 2.24) is 9.80 Å². The molecule has 0 aromatic heterocycles. The average molecular weight is 305 g/mol. The van der Waals surface area contributed by atoms with Crippen LogP contribution < -0.4 is 5.32 Å². The van der Waals surface area contributed by atoms with Gasteiger partial charge in [-0.25, -0.2) is 0 Å². The molecule has 22 heavy (non-hydrogen) atoms. The van der Waals surface area contributed by atoms with E-state index in [-0.39, 0.29) is 18.4 Å². The molecule has 0 spiro atoms. The molecule has 0 radical (unpaired) electrons. The molecule has 1 rings (SSSR count). The maximum atomic E-state index is 12.1. The normalized spacial score (nSPS) is 10.9. The van der Waals surface area contributed by atoms with E-state index in [1.807, 2.05) is 43.3 Å². The third-order valence-electron chi connectivity index (χ3n) is 3.46. The summed E-state index contributed by atoms with van der Waals surface area (Å²) in [5.74, 6) is 0.197. The van der Waals surface area contributed by atoms with Crippen molar-refractivity contribution in [1.29, 1.82) is 0 Å². The predicted molar refractivity (Wildman–Crippen MR) is 90.0 cm³/mol. The Morgan fingerprint density at radius 2 is 1.68 bits per heavy atom. The van der Waals surface area contributed by atoms with Crippen molar-refractivity contribution >= 4 is 17.5 Å². The lowest BCUT2D eigenvalue weighted by Crippen LogP contribution is -2.40. The van der Waals surface area contributed by atoms with Crippen LogP contribution in [0.5, 0.6) is 0 Å². The first kappa shape index (κ1) is 18.2. The highest BCUT2D eigenvalue weighted by atomic mass is 16.2. The van der Waals surface area contributed by atoms with Gasteiger partial charge in [-0.15, -0.1) is 0 Å². The molecule has 0 atom stereocenters. The second kappa shape index (κ2) is 8.54. The number of amides is 2. The van der Waals surface area contributed by atoms with Crippen LogP contribution in [0.3, 0.4) is 0 Å². The smallest absolute Gasteiger partial charge is 0.243 e. The number of hydrogen-bond acceptors (Lipinski definition) is 3. The minimum absolute atomic E-state index is 0.0785. The van der Waals surface area contributed by atoms with Crippen molar-refractivity contribution in [2.45, 2.75) is 26.7 Å². The molecule has 0 saturated heterocycles. The molecule has 0 aliphatic rings. The quantitative estimate of drug-likeness (QED) is 0.840. The van der Waals surface area contributed by atoms with Gasteiger partial charge in [-0.2, -0.15) is 0 Å². The molecule has 0 aliphatic heterocycles. The summed E-state index contributed by atoms with van der Waals surface area (Å²) in [5.41, 5.74) is 1.99. The minimum Gasteiger partial charge on any atom is -0.332 e. The van der Waals surface area contributed by atoms with Crippen LogP contribution in [-0.4, -0.2) is 55.3 Å². The van der Waals surface area contributed by atoms with Crippen molar-refractivity contribution < 1.29 is 9.59 Å². The Hall–Kier alpha value is -1.88. The highest BCUT2D eigenvalue weighted by Gasteiger charge is 2.14. The van der Waals surface area contributed by atoms with E-state index in [0.717, 1.165) is 12.2 Å². The zero-order valence-electron chi connectivity index (χ0n) is 14.2. The Morgan fingerprint density at radius 1 is 1.09 bits per heavy atom. The molecular formula is C17H27N3O2. The van der Waals surface area contributed by atoms with Gasteiger partial charge in [0.05, 0.1) is 6.54 Å². The number of benzene rings is 1. The summed E-state index contributed by atoms with van der Waals surface area (Å²) in [5, 5.41) is 2.83. The molecule has 2 amide bonds. The van der Waals surface area contributed by atoms with Gasteiger partial charge in [0.15, 0.2) is 0 Å². The van der Waals surface area contributed by atoms with E-state index in [2.05, 4.69) is 19.2 Å². The Morgan fingerprint density at radius 3 is 2.14 bits per heavy atom. The number of nitrogens with zero attached hydrogens (tertiary/aromatic N) is 2. The molecule has 0 fully saturated rings. The first-order valence-electron chi connectivity index (χ1n) is 7.59. The van der Waals surface area contributed by atoms with Gasteiger partial charge in [0.2, 0.25) is 11.8 Å². The van der Waals surface area contributed by atoms with Gasteiger partial charge in [0.1, 0.15) is 0 Å². The molecule has 5 heteroatoms. The van der Waals surface area contributed by atoms with E-state index in [0.29, 0.717) is 12.5 Å². The molecule has 0 saturated carbocycles. The number of likely N-dealkylation sites (N-methyl/N-ethyl adjacent to an activating group) is 1. The fourth-order valence-electron chi connectivity index (χ4n) is 1.99. The fraction of sp³-hybridized carbons (Fsp3) is 0.529. The van der Waals surface area contributed by atoms with Crippen LogP contribution in [0.25, 0.3) is 0 Å². The summed E-state index contributed by atoms with van der Waals surface area (Å²) < 4.78 is 0. The number of carbonyl (C=O) groups is 2. The molecule has 0 bridgehead atoms. The van der Waals surface area contributed by atoms with Crippen LogP contribution in [0.1, 0.15) is 32.3 Å². The maximum absolute atomic E-state index is 12.1. The summed E-state index contributed by atoms with van der Waals surface area (Å²) in [6.45, 7) is 7.10. The number of anilines is 1. The second-order valence-electron chi connectivity index (χ2n) is 6.07. The van der Waals surface area contributed by atoms with Crippen molar-refractivity contribution in [2.24, 2.45) is 0 Å². The van der Waals surface area contributed by atoms with Gasteiger partial charge >= 0.3 is 0 Å². The van der Waals surface area contributed by atoms with E-state index in [9.17, 15) is 9.59 Å². The lowest BCUT2D eigenvalue weighted by molar-refractivity contribution is -0.132. The van der Waals surface area contributed by atoms with Crippen LogP contribution in [0.4, 0.5) is 5.69 Å². The van der Waals surface area contributed by atoms with E-state index in [1.165, 1.54) is 12.5 Å². The Bertz CT molecular complexity index is 495. The largest absolute Gasteiger partial charge is 0.332 e. The second-order valence-corrected chi connectivity index (χ2v) is 6.07. The molecule has 122 valence electrons. The summed E-state index contributed by atoms with van der Waals surface area (Å²) in [6.07, 6.45) is 0. The van der Waals surface area contributed by atoms with Gasteiger partial charge in [-0.3, -0.25) is 9.59 Å². The summed E-state index contributed by atoms with van der Waals surface area (Å²) >= 11 is 0. The molecule has 0 unspecified atom stereocenters. The lowest BCUT2D eigenvalue weighted by Gasteiger charge is -2.22. The van der Waals surface area contributed by atoms with E-state index in [4.69, 9.17) is 0 Å². The predicted octanol–water partition coefficient (Wildman–Crippen LogP) is 2.16. The summed E-state index contributed by atoms with van der Waals surface area (Å²) in [4.78, 5) is 27.2. The first-order chi connectivity index (χ1) is 10.3. The standard InChI is InChI=1S/C17H27N3O2/c1-13(2)15-6-8-16(9-7-15)18-17(22)12-20(14(3)21)11-10-19(4)5/h6-9,13H,10-12H2,1-5H3,(H,18,22). The average Bonchev–Trinajstić information content (AvgIpc) is 2.43. The van der Waals surface area contributed by atoms with Gasteiger partial charge in [0, 0.05) is 25.7 Å². The van der Waals surface area contributed by atoms with Crippen molar-refractivity contribution in [2.75, 3.05) is 39.0 Å². The van der Waals surface area contributed by atoms with Crippen molar-refractivity contribution in [3.63, 3.8) is 0 Å². The summed E-state index contributed by atoms with van der Waals surface area (Å²) in [7, 11) is 3.88. The highest BCUT2D eigenvalue weighted by molar-refractivity contribution is 5.94. The molecule has 5 nitrogen and oxygen atoms in total. The Balaban J connectivity index is 2.57. The SMILES string of the molecule is CC(=O)N(CCN(C)C)CC(=O)Nc1ccc(C(C)C)cc1. The van der Waals surface area contributed by atoms with Crippen LogP contribution >= 0.6 is 0 Å². The fourth-order valence-corrected chi connectivity index (χ4v) is 1.99. The van der Waals surface area contributed by atoms with Crippen molar-refractivity contribution in [3.05, 3.63) is 29.8 Å². The van der Waals surface area contributed by atoms with Crippen LogP contribution in [0.2, 0.25) is 0 Å². The molecule has 1 aromatic carbocycles. The van der Waals surface area contributed by atoms with E-state index < -0.39 is 0 Å². The van der Waals surface area contributed by atoms with Crippen molar-refractivity contribution in [3.8, 4) is 0 Å². The molecule has 0 heterocycles. The molecular weight excluding hydrogens is 278 g/mol. The number of carbonyl (C=O) groups excluding carboxylic acids is 2. The Labute approximate surface area is 133 Å². The monoisotopic (exact) mass is 305 g/mol. The topological polar surface area (TPSA) is 52.7 Å². The molecule has 1 N–H and O–H groups in total. The van der Waals surface area contributed by atoms with Crippen LogP contribution in [0.15, 0.2) is 24.3 Å². The van der Waals surface area contributed by atoms with Crippen LogP contribution in [0, 0.1) is 0 Å². The minimum atomic E-state index is -0.175. The molecule has 1 aromatic rings. The summed E-state index contributed by atoms with van der Waals surface area (Å²) in [6, 6.07) is 7.81. The number of rotatable bonds is 7. The van der Waals surface area contributed by atoms with Gasteiger partial charge < -0.3 is 15.1 Å². The highest BCUT2D eigenvalue weighted by Crippen LogP contribution is 2.17. The first-order valence-corrected chi connectivity index (χ1v) is 7.59. The number of hydrogen-bond donors (Lipinski definition) is 1. The van der Waals surface area contributed by atoms with Crippen LogP contribution in [-0.2, 0) is 9.59 Å².